The van der Waals surface area contributed by atoms with Gasteiger partial charge in [0.25, 0.3) is 0 Å². The van der Waals surface area contributed by atoms with Gasteiger partial charge in [0, 0.05) is 37.8 Å². The first-order valence-corrected chi connectivity index (χ1v) is 13.5. The van der Waals surface area contributed by atoms with Gasteiger partial charge >= 0.3 is 0 Å². The monoisotopic (exact) mass is 493 g/mol. The standard InChI is InChI=1S/C30H43N3O3/c1-24-10-8-17-33(24)18-9-20-34-27-15-13-25(14-16-27)28(31-36-30(2,3)4)22-32-19-21-35-29(23-32)26-11-6-5-7-12-26/h5-7,11-16,24,29H,8-10,17-23H2,1-4H3/t24-,29?/m1/s1. The lowest BCUT2D eigenvalue weighted by Gasteiger charge is -2.33. The maximum absolute atomic E-state index is 6.06. The summed E-state index contributed by atoms with van der Waals surface area (Å²) in [6, 6.07) is 19.4. The second-order valence-electron chi connectivity index (χ2n) is 11.0. The fraction of sp³-hybridized carbons (Fsp3) is 0.567. The van der Waals surface area contributed by atoms with Gasteiger partial charge < -0.3 is 19.2 Å². The van der Waals surface area contributed by atoms with Gasteiger partial charge in [-0.3, -0.25) is 4.90 Å². The normalized spacial score (nSPS) is 22.1. The maximum atomic E-state index is 6.06. The van der Waals surface area contributed by atoms with Crippen LogP contribution in [0.4, 0.5) is 0 Å². The molecule has 1 unspecified atom stereocenters. The van der Waals surface area contributed by atoms with Crippen LogP contribution < -0.4 is 4.74 Å². The number of oxime groups is 1. The molecule has 2 atom stereocenters. The van der Waals surface area contributed by atoms with Gasteiger partial charge in [-0.05, 0) is 83.3 Å². The summed E-state index contributed by atoms with van der Waals surface area (Å²) < 4.78 is 12.1. The Morgan fingerprint density at radius 2 is 1.83 bits per heavy atom. The van der Waals surface area contributed by atoms with E-state index in [4.69, 9.17) is 14.3 Å². The minimum absolute atomic E-state index is 0.0732. The molecule has 4 rings (SSSR count). The molecule has 6 nitrogen and oxygen atoms in total. The number of hydrogen-bond donors (Lipinski definition) is 0. The molecule has 0 aromatic heterocycles. The quantitative estimate of drug-likeness (QED) is 0.247. The van der Waals surface area contributed by atoms with E-state index in [1.807, 2.05) is 39.0 Å². The lowest BCUT2D eigenvalue weighted by atomic mass is 10.1. The van der Waals surface area contributed by atoms with Gasteiger partial charge in [0.2, 0.25) is 0 Å². The highest BCUT2D eigenvalue weighted by atomic mass is 16.6. The van der Waals surface area contributed by atoms with Crippen LogP contribution in [0.1, 0.15) is 64.2 Å². The molecule has 2 aromatic carbocycles. The molecule has 6 heteroatoms. The molecule has 2 aromatic rings. The Balaban J connectivity index is 1.36. The predicted molar refractivity (Wildman–Crippen MR) is 146 cm³/mol. The van der Waals surface area contributed by atoms with Crippen LogP contribution in [-0.4, -0.2) is 73.1 Å². The van der Waals surface area contributed by atoms with Crippen molar-refractivity contribution in [2.24, 2.45) is 5.16 Å². The molecule has 2 heterocycles. The summed E-state index contributed by atoms with van der Waals surface area (Å²) in [5, 5.41) is 4.60. The Hall–Kier alpha value is -2.41. The van der Waals surface area contributed by atoms with E-state index in [0.29, 0.717) is 19.2 Å². The number of morpholine rings is 1. The number of hydrogen-bond acceptors (Lipinski definition) is 6. The molecular formula is C30H43N3O3. The van der Waals surface area contributed by atoms with Gasteiger partial charge in [-0.25, -0.2) is 0 Å². The zero-order valence-corrected chi connectivity index (χ0v) is 22.5. The van der Waals surface area contributed by atoms with Gasteiger partial charge in [-0.2, -0.15) is 0 Å². The first-order valence-electron chi connectivity index (χ1n) is 13.5. The highest BCUT2D eigenvalue weighted by Gasteiger charge is 2.24. The second kappa shape index (κ2) is 12.7. The van der Waals surface area contributed by atoms with Crippen molar-refractivity contribution in [3.8, 4) is 5.75 Å². The van der Waals surface area contributed by atoms with Crippen LogP contribution in [0.25, 0.3) is 0 Å². The van der Waals surface area contributed by atoms with E-state index in [-0.39, 0.29) is 11.7 Å². The van der Waals surface area contributed by atoms with Gasteiger partial charge in [-0.1, -0.05) is 35.5 Å². The van der Waals surface area contributed by atoms with Crippen molar-refractivity contribution in [2.75, 3.05) is 45.9 Å². The fourth-order valence-electron chi connectivity index (χ4n) is 4.82. The molecule has 2 saturated heterocycles. The Kier molecular flexibility index (Phi) is 9.41. The topological polar surface area (TPSA) is 46.5 Å². The molecule has 0 bridgehead atoms. The molecule has 2 fully saturated rings. The molecule has 2 aliphatic heterocycles. The van der Waals surface area contributed by atoms with Crippen molar-refractivity contribution in [3.63, 3.8) is 0 Å². The van der Waals surface area contributed by atoms with Crippen molar-refractivity contribution in [1.82, 2.24) is 9.80 Å². The number of likely N-dealkylation sites (tertiary alicyclic amines) is 1. The van der Waals surface area contributed by atoms with Crippen LogP contribution >= 0.6 is 0 Å². The highest BCUT2D eigenvalue weighted by Crippen LogP contribution is 2.23. The van der Waals surface area contributed by atoms with E-state index in [9.17, 15) is 0 Å². The van der Waals surface area contributed by atoms with Gasteiger partial charge in [0.05, 0.1) is 19.3 Å². The zero-order valence-electron chi connectivity index (χ0n) is 22.5. The average Bonchev–Trinajstić information content (AvgIpc) is 3.29. The summed E-state index contributed by atoms with van der Waals surface area (Å²) in [6.45, 7) is 14.6. The van der Waals surface area contributed by atoms with Crippen molar-refractivity contribution in [1.29, 1.82) is 0 Å². The van der Waals surface area contributed by atoms with E-state index >= 15 is 0 Å². The van der Waals surface area contributed by atoms with Crippen molar-refractivity contribution >= 4 is 5.71 Å². The van der Waals surface area contributed by atoms with Crippen LogP contribution in [0, 0.1) is 0 Å². The molecule has 0 aliphatic carbocycles. The third-order valence-electron chi connectivity index (χ3n) is 6.86. The fourth-order valence-corrected chi connectivity index (χ4v) is 4.82. The highest BCUT2D eigenvalue weighted by molar-refractivity contribution is 6.01. The van der Waals surface area contributed by atoms with E-state index in [1.165, 1.54) is 24.9 Å². The first kappa shape index (κ1) is 26.6. The summed E-state index contributed by atoms with van der Waals surface area (Å²) in [5.41, 5.74) is 2.85. The molecule has 0 amide bonds. The summed E-state index contributed by atoms with van der Waals surface area (Å²) in [5.74, 6) is 0.903. The van der Waals surface area contributed by atoms with Crippen molar-refractivity contribution < 1.29 is 14.3 Å². The molecule has 2 aliphatic rings. The van der Waals surface area contributed by atoms with E-state index in [2.05, 4.69) is 58.3 Å². The lowest BCUT2D eigenvalue weighted by molar-refractivity contribution is -0.0262. The lowest BCUT2D eigenvalue weighted by Crippen LogP contribution is -2.41. The van der Waals surface area contributed by atoms with Crippen LogP contribution in [0.15, 0.2) is 59.8 Å². The second-order valence-corrected chi connectivity index (χ2v) is 11.0. The summed E-state index contributed by atoms with van der Waals surface area (Å²) >= 11 is 0. The van der Waals surface area contributed by atoms with Gasteiger partial charge in [0.15, 0.2) is 0 Å². The van der Waals surface area contributed by atoms with E-state index < -0.39 is 0 Å². The minimum Gasteiger partial charge on any atom is -0.494 e. The molecule has 0 N–H and O–H groups in total. The molecule has 0 saturated carbocycles. The maximum Gasteiger partial charge on any atom is 0.129 e. The zero-order chi connectivity index (χ0) is 25.4. The summed E-state index contributed by atoms with van der Waals surface area (Å²) in [6.07, 6.45) is 3.77. The molecule has 0 spiro atoms. The van der Waals surface area contributed by atoms with Crippen LogP contribution in [-0.2, 0) is 9.57 Å². The Bertz CT molecular complexity index is 956. The van der Waals surface area contributed by atoms with E-state index in [0.717, 1.165) is 49.7 Å². The number of nitrogens with zero attached hydrogens (tertiary/aromatic N) is 3. The first-order chi connectivity index (χ1) is 17.4. The number of rotatable bonds is 10. The van der Waals surface area contributed by atoms with E-state index in [1.54, 1.807) is 0 Å². The third kappa shape index (κ3) is 8.05. The summed E-state index contributed by atoms with van der Waals surface area (Å²) in [7, 11) is 0. The molecular weight excluding hydrogens is 450 g/mol. The SMILES string of the molecule is C[C@@H]1CCCN1CCCOc1ccc(C(CN2CCOC(c3ccccc3)C2)=NOC(C)(C)C)cc1. The number of ether oxygens (including phenoxy) is 2. The number of benzene rings is 2. The predicted octanol–water partition coefficient (Wildman–Crippen LogP) is 5.53. The summed E-state index contributed by atoms with van der Waals surface area (Å²) in [4.78, 5) is 10.8. The Morgan fingerprint density at radius 1 is 1.06 bits per heavy atom. The van der Waals surface area contributed by atoms with Crippen molar-refractivity contribution in [2.45, 2.75) is 64.7 Å². The average molecular weight is 494 g/mol. The molecule has 0 radical (unpaired) electrons. The Labute approximate surface area is 217 Å². The van der Waals surface area contributed by atoms with Crippen LogP contribution in [0.3, 0.4) is 0 Å². The third-order valence-corrected chi connectivity index (χ3v) is 6.86. The minimum atomic E-state index is -0.348. The molecule has 36 heavy (non-hydrogen) atoms. The Morgan fingerprint density at radius 3 is 2.53 bits per heavy atom. The van der Waals surface area contributed by atoms with Gasteiger partial charge in [-0.15, -0.1) is 0 Å². The smallest absolute Gasteiger partial charge is 0.129 e. The largest absolute Gasteiger partial charge is 0.494 e. The van der Waals surface area contributed by atoms with Crippen molar-refractivity contribution in [3.05, 3.63) is 65.7 Å². The molecule has 196 valence electrons. The van der Waals surface area contributed by atoms with Gasteiger partial charge in [0.1, 0.15) is 17.1 Å². The van der Waals surface area contributed by atoms with Crippen LogP contribution in [0.5, 0.6) is 5.75 Å². The van der Waals surface area contributed by atoms with Crippen LogP contribution in [0.2, 0.25) is 0 Å².